The summed E-state index contributed by atoms with van der Waals surface area (Å²) in [6.07, 6.45) is 0.750. The number of nitrogens with one attached hydrogen (secondary N) is 2. The number of nitrogens with zero attached hydrogens (tertiary/aromatic N) is 2. The van der Waals surface area contributed by atoms with Gasteiger partial charge in [-0.3, -0.25) is 0 Å². The summed E-state index contributed by atoms with van der Waals surface area (Å²) in [6, 6.07) is 9.87. The lowest BCUT2D eigenvalue weighted by Gasteiger charge is -2.08. The molecule has 0 bridgehead atoms. The molecule has 2 aromatic rings. The highest BCUT2D eigenvalue weighted by atomic mass is 32.2. The Labute approximate surface area is 123 Å². The van der Waals surface area contributed by atoms with Crippen molar-refractivity contribution in [1.29, 1.82) is 0 Å². The van der Waals surface area contributed by atoms with Gasteiger partial charge in [-0.1, -0.05) is 30.3 Å². The molecular weight excluding hydrogens is 288 g/mol. The monoisotopic (exact) mass is 306 g/mol. The highest BCUT2D eigenvalue weighted by molar-refractivity contribution is 7.91. The van der Waals surface area contributed by atoms with E-state index < -0.39 is 9.84 Å². The summed E-state index contributed by atoms with van der Waals surface area (Å²) >= 11 is 0. The van der Waals surface area contributed by atoms with Gasteiger partial charge in [0, 0.05) is 12.1 Å². The van der Waals surface area contributed by atoms with Crippen LogP contribution >= 0.6 is 0 Å². The van der Waals surface area contributed by atoms with E-state index in [1.54, 1.807) is 0 Å². The fourth-order valence-electron chi connectivity index (χ4n) is 2.63. The third-order valence-electron chi connectivity index (χ3n) is 3.72. The van der Waals surface area contributed by atoms with Crippen LogP contribution in [0.5, 0.6) is 0 Å². The maximum absolute atomic E-state index is 11.4. The second-order valence-corrected chi connectivity index (χ2v) is 7.61. The van der Waals surface area contributed by atoms with Crippen LogP contribution in [0.3, 0.4) is 0 Å². The molecule has 1 aliphatic rings. The lowest BCUT2D eigenvalue weighted by Crippen LogP contribution is -2.23. The first-order valence-corrected chi connectivity index (χ1v) is 8.82. The van der Waals surface area contributed by atoms with Crippen molar-refractivity contribution in [1.82, 2.24) is 20.7 Å². The normalized spacial score (nSPS) is 20.7. The number of H-pyrrole nitrogens is 1. The summed E-state index contributed by atoms with van der Waals surface area (Å²) in [5, 5.41) is 14.3. The first-order chi connectivity index (χ1) is 10.1. The maximum atomic E-state index is 11.4. The number of hydrogen-bond acceptors (Lipinski definition) is 5. The van der Waals surface area contributed by atoms with Gasteiger partial charge in [-0.05, 0) is 18.9 Å². The topological polar surface area (TPSA) is 87.7 Å². The Bertz CT molecular complexity index is 697. The largest absolute Gasteiger partial charge is 0.311 e. The van der Waals surface area contributed by atoms with Crippen molar-refractivity contribution in [3.8, 4) is 11.3 Å². The molecule has 1 aromatic carbocycles. The Morgan fingerprint density at radius 3 is 2.76 bits per heavy atom. The second-order valence-electron chi connectivity index (χ2n) is 5.38. The molecule has 1 fully saturated rings. The molecule has 0 aliphatic carbocycles. The van der Waals surface area contributed by atoms with Gasteiger partial charge in [-0.25, -0.2) is 8.42 Å². The predicted molar refractivity (Wildman–Crippen MR) is 80.3 cm³/mol. The molecule has 0 amide bonds. The van der Waals surface area contributed by atoms with Crippen molar-refractivity contribution in [2.45, 2.75) is 13.0 Å². The third kappa shape index (κ3) is 3.48. The minimum Gasteiger partial charge on any atom is -0.311 e. The first kappa shape index (κ1) is 14.2. The van der Waals surface area contributed by atoms with Crippen LogP contribution in [0.25, 0.3) is 11.3 Å². The van der Waals surface area contributed by atoms with Gasteiger partial charge < -0.3 is 5.32 Å². The van der Waals surface area contributed by atoms with Gasteiger partial charge in [0.05, 0.1) is 11.5 Å². The number of rotatable bonds is 5. The summed E-state index contributed by atoms with van der Waals surface area (Å²) in [5.41, 5.74) is 2.70. The van der Waals surface area contributed by atoms with Crippen molar-refractivity contribution in [3.63, 3.8) is 0 Å². The van der Waals surface area contributed by atoms with E-state index in [2.05, 4.69) is 20.7 Å². The lowest BCUT2D eigenvalue weighted by atomic mass is 10.1. The van der Waals surface area contributed by atoms with E-state index in [1.165, 1.54) is 0 Å². The number of aromatic nitrogens is 3. The summed E-state index contributed by atoms with van der Waals surface area (Å²) < 4.78 is 22.8. The van der Waals surface area contributed by atoms with Crippen molar-refractivity contribution >= 4 is 9.84 Å². The molecule has 6 nitrogen and oxygen atoms in total. The van der Waals surface area contributed by atoms with Crippen molar-refractivity contribution in [2.75, 3.05) is 18.1 Å². The average molecular weight is 306 g/mol. The molecule has 0 spiro atoms. The zero-order valence-corrected chi connectivity index (χ0v) is 12.4. The van der Waals surface area contributed by atoms with E-state index in [0.29, 0.717) is 24.6 Å². The molecule has 1 aliphatic heterocycles. The molecule has 1 saturated heterocycles. The van der Waals surface area contributed by atoms with E-state index in [0.717, 1.165) is 23.4 Å². The third-order valence-corrected chi connectivity index (χ3v) is 5.56. The number of sulfone groups is 1. The maximum Gasteiger partial charge on any atom is 0.150 e. The molecule has 1 unspecified atom stereocenters. The summed E-state index contributed by atoms with van der Waals surface area (Å²) in [7, 11) is -2.80. The molecule has 2 N–H and O–H groups in total. The SMILES string of the molecule is O=S1(=O)CCC(CNCc2n[nH]nc2-c2ccccc2)C1. The van der Waals surface area contributed by atoms with Crippen LogP contribution in [-0.2, 0) is 16.4 Å². The summed E-state index contributed by atoms with van der Waals surface area (Å²) in [6.45, 7) is 1.28. The second kappa shape index (κ2) is 5.95. The molecule has 3 rings (SSSR count). The Kier molecular flexibility index (Phi) is 4.03. The zero-order chi connectivity index (χ0) is 14.7. The van der Waals surface area contributed by atoms with Crippen LogP contribution in [0, 0.1) is 5.92 Å². The minimum atomic E-state index is -2.80. The van der Waals surface area contributed by atoms with E-state index in [-0.39, 0.29) is 5.92 Å². The molecular formula is C14H18N4O2S. The van der Waals surface area contributed by atoms with E-state index in [1.807, 2.05) is 30.3 Å². The first-order valence-electron chi connectivity index (χ1n) is 7.00. The number of benzene rings is 1. The molecule has 7 heteroatoms. The molecule has 21 heavy (non-hydrogen) atoms. The molecule has 0 radical (unpaired) electrons. The van der Waals surface area contributed by atoms with E-state index >= 15 is 0 Å². The Hall–Kier alpha value is -1.73. The minimum absolute atomic E-state index is 0.210. The fraction of sp³-hybridized carbons (Fsp3) is 0.429. The summed E-state index contributed by atoms with van der Waals surface area (Å²) in [4.78, 5) is 0. The van der Waals surface area contributed by atoms with Gasteiger partial charge in [-0.15, -0.1) is 0 Å². The smallest absolute Gasteiger partial charge is 0.150 e. The van der Waals surface area contributed by atoms with Crippen LogP contribution in [-0.4, -0.2) is 41.9 Å². The van der Waals surface area contributed by atoms with E-state index in [4.69, 9.17) is 0 Å². The number of hydrogen-bond donors (Lipinski definition) is 2. The molecule has 112 valence electrons. The lowest BCUT2D eigenvalue weighted by molar-refractivity contribution is 0.518. The van der Waals surface area contributed by atoms with Gasteiger partial charge in [0.25, 0.3) is 0 Å². The summed E-state index contributed by atoms with van der Waals surface area (Å²) in [5.74, 6) is 0.824. The van der Waals surface area contributed by atoms with E-state index in [9.17, 15) is 8.42 Å². The molecule has 1 atom stereocenters. The highest BCUT2D eigenvalue weighted by Crippen LogP contribution is 2.20. The van der Waals surface area contributed by atoms with Crippen molar-refractivity contribution in [2.24, 2.45) is 5.92 Å². The molecule has 0 saturated carbocycles. The van der Waals surface area contributed by atoms with Crippen LogP contribution in [0.1, 0.15) is 12.1 Å². The average Bonchev–Trinajstić information content (AvgIpc) is 3.06. The Balaban J connectivity index is 1.59. The standard InChI is InChI=1S/C14H18N4O2S/c19-21(20)7-6-11(10-21)8-15-9-13-14(17-18-16-13)12-4-2-1-3-5-12/h1-5,11,15H,6-10H2,(H,16,17,18). The Morgan fingerprint density at radius 2 is 2.05 bits per heavy atom. The Morgan fingerprint density at radius 1 is 1.24 bits per heavy atom. The van der Waals surface area contributed by atoms with Crippen LogP contribution in [0.2, 0.25) is 0 Å². The van der Waals surface area contributed by atoms with Crippen LogP contribution in [0.15, 0.2) is 30.3 Å². The molecule has 1 aromatic heterocycles. The van der Waals surface area contributed by atoms with Gasteiger partial charge in [0.1, 0.15) is 11.4 Å². The van der Waals surface area contributed by atoms with Gasteiger partial charge in [-0.2, -0.15) is 15.4 Å². The van der Waals surface area contributed by atoms with Gasteiger partial charge >= 0.3 is 0 Å². The van der Waals surface area contributed by atoms with Crippen LogP contribution < -0.4 is 5.32 Å². The fourth-order valence-corrected chi connectivity index (χ4v) is 4.49. The predicted octanol–water partition coefficient (Wildman–Crippen LogP) is 0.996. The number of aromatic amines is 1. The van der Waals surface area contributed by atoms with Crippen molar-refractivity contribution in [3.05, 3.63) is 36.0 Å². The highest BCUT2D eigenvalue weighted by Gasteiger charge is 2.27. The van der Waals surface area contributed by atoms with Gasteiger partial charge in [0.15, 0.2) is 9.84 Å². The zero-order valence-electron chi connectivity index (χ0n) is 11.6. The van der Waals surface area contributed by atoms with Gasteiger partial charge in [0.2, 0.25) is 0 Å². The van der Waals surface area contributed by atoms with Crippen LogP contribution in [0.4, 0.5) is 0 Å². The van der Waals surface area contributed by atoms with Crippen molar-refractivity contribution < 1.29 is 8.42 Å². The quantitative estimate of drug-likeness (QED) is 0.860. The molecule has 2 heterocycles.